The molecule has 0 spiro atoms. The number of hydrogen-bond acceptors (Lipinski definition) is 4. The van der Waals surface area contributed by atoms with Crippen LogP contribution in [0.25, 0.3) is 11.5 Å². The molecule has 0 saturated heterocycles. The van der Waals surface area contributed by atoms with Gasteiger partial charge in [-0.05, 0) is 12.1 Å². The van der Waals surface area contributed by atoms with E-state index in [1.165, 1.54) is 6.26 Å². The van der Waals surface area contributed by atoms with Crippen LogP contribution in [0.1, 0.15) is 5.69 Å². The molecule has 1 aromatic carbocycles. The van der Waals surface area contributed by atoms with Crippen molar-refractivity contribution >= 4 is 10.8 Å². The van der Waals surface area contributed by atoms with E-state index in [-0.39, 0.29) is 12.4 Å². The largest absolute Gasteiger partial charge is 0.444 e. The molecular formula is C12H13NO3S. The minimum Gasteiger partial charge on any atom is -0.444 e. The average Bonchev–Trinajstić information content (AvgIpc) is 2.79. The molecule has 0 bridgehead atoms. The Labute approximate surface area is 102 Å². The van der Waals surface area contributed by atoms with Gasteiger partial charge in [-0.1, -0.05) is 18.2 Å². The molecule has 5 heteroatoms. The number of aromatic nitrogens is 1. The van der Waals surface area contributed by atoms with Gasteiger partial charge in [-0.25, -0.2) is 4.98 Å². The summed E-state index contributed by atoms with van der Waals surface area (Å²) in [5, 5.41) is 8.66. The third kappa shape index (κ3) is 3.25. The van der Waals surface area contributed by atoms with Crippen molar-refractivity contribution in [2.75, 3.05) is 12.4 Å². The van der Waals surface area contributed by atoms with E-state index in [9.17, 15) is 4.21 Å². The smallest absolute Gasteiger partial charge is 0.226 e. The summed E-state index contributed by atoms with van der Waals surface area (Å²) >= 11 is 0. The van der Waals surface area contributed by atoms with Crippen LogP contribution in [0.2, 0.25) is 0 Å². The Morgan fingerprint density at radius 2 is 2.06 bits per heavy atom. The third-order valence-corrected chi connectivity index (χ3v) is 3.46. The van der Waals surface area contributed by atoms with E-state index in [1.807, 2.05) is 30.3 Å². The fraction of sp³-hybridized carbons (Fsp3) is 0.250. The normalized spacial score (nSPS) is 12.5. The zero-order valence-electron chi connectivity index (χ0n) is 9.20. The molecular weight excluding hydrogens is 238 g/mol. The Bertz CT molecular complexity index is 495. The summed E-state index contributed by atoms with van der Waals surface area (Å²) in [6.45, 7) is -0.0734. The lowest BCUT2D eigenvalue weighted by molar-refractivity contribution is 0.321. The van der Waals surface area contributed by atoms with Crippen LogP contribution in [-0.4, -0.2) is 26.7 Å². The molecule has 0 fully saturated rings. The van der Waals surface area contributed by atoms with Crippen molar-refractivity contribution in [1.82, 2.24) is 4.98 Å². The molecule has 1 unspecified atom stereocenters. The van der Waals surface area contributed by atoms with E-state index < -0.39 is 10.8 Å². The van der Waals surface area contributed by atoms with Crippen LogP contribution in [0.3, 0.4) is 0 Å². The first-order chi connectivity index (χ1) is 8.29. The summed E-state index contributed by atoms with van der Waals surface area (Å²) in [5.41, 5.74) is 1.54. The van der Waals surface area contributed by atoms with Gasteiger partial charge in [-0.3, -0.25) is 4.21 Å². The Morgan fingerprint density at radius 3 is 2.76 bits per heavy atom. The summed E-state index contributed by atoms with van der Waals surface area (Å²) < 4.78 is 16.7. The van der Waals surface area contributed by atoms with Crippen LogP contribution in [-0.2, 0) is 16.6 Å². The Kier molecular flexibility index (Phi) is 4.06. The maximum absolute atomic E-state index is 11.4. The maximum atomic E-state index is 11.4. The highest BCUT2D eigenvalue weighted by Gasteiger charge is 2.08. The van der Waals surface area contributed by atoms with Gasteiger partial charge in [0.25, 0.3) is 0 Å². The molecule has 1 N–H and O–H groups in total. The maximum Gasteiger partial charge on any atom is 0.226 e. The summed E-state index contributed by atoms with van der Waals surface area (Å²) in [4.78, 5) is 4.26. The van der Waals surface area contributed by atoms with E-state index >= 15 is 0 Å². The molecule has 90 valence electrons. The van der Waals surface area contributed by atoms with Gasteiger partial charge < -0.3 is 9.52 Å². The molecule has 0 aliphatic carbocycles. The first-order valence-electron chi connectivity index (χ1n) is 5.25. The Morgan fingerprint density at radius 1 is 1.29 bits per heavy atom. The third-order valence-electron chi connectivity index (χ3n) is 2.20. The van der Waals surface area contributed by atoms with Gasteiger partial charge in [0.05, 0.1) is 18.1 Å². The number of hydrogen-bond donors (Lipinski definition) is 1. The molecule has 1 aromatic heterocycles. The monoisotopic (exact) mass is 251 g/mol. The second kappa shape index (κ2) is 5.75. The highest BCUT2D eigenvalue weighted by atomic mass is 32.2. The zero-order chi connectivity index (χ0) is 12.1. The SMILES string of the molecule is O=S(CCO)Cc1coc(-c2ccccc2)n1. The number of aliphatic hydroxyl groups is 1. The van der Waals surface area contributed by atoms with Gasteiger partial charge in [-0.2, -0.15) is 0 Å². The predicted molar refractivity (Wildman–Crippen MR) is 65.7 cm³/mol. The molecule has 2 aromatic rings. The van der Waals surface area contributed by atoms with Gasteiger partial charge in [0.2, 0.25) is 5.89 Å². The molecule has 0 aliphatic heterocycles. The summed E-state index contributed by atoms with van der Waals surface area (Å²) in [5.74, 6) is 1.12. The van der Waals surface area contributed by atoms with Crippen molar-refractivity contribution < 1.29 is 13.7 Å². The van der Waals surface area contributed by atoms with Crippen molar-refractivity contribution in [2.45, 2.75) is 5.75 Å². The molecule has 0 aliphatic rings. The molecule has 17 heavy (non-hydrogen) atoms. The van der Waals surface area contributed by atoms with E-state index in [4.69, 9.17) is 9.52 Å². The Hall–Kier alpha value is -1.46. The molecule has 1 atom stereocenters. The van der Waals surface area contributed by atoms with E-state index in [0.717, 1.165) is 5.56 Å². The van der Waals surface area contributed by atoms with Gasteiger partial charge >= 0.3 is 0 Å². The second-order valence-electron chi connectivity index (χ2n) is 3.52. The van der Waals surface area contributed by atoms with E-state index in [2.05, 4.69) is 4.98 Å². The lowest BCUT2D eigenvalue weighted by Gasteiger charge is -1.95. The fourth-order valence-corrected chi connectivity index (χ4v) is 2.24. The summed E-state index contributed by atoms with van der Waals surface area (Å²) in [6.07, 6.45) is 1.51. The minimum atomic E-state index is -1.09. The first kappa shape index (κ1) is 12.0. The van der Waals surface area contributed by atoms with Crippen LogP contribution in [0.5, 0.6) is 0 Å². The minimum absolute atomic E-state index is 0.0734. The summed E-state index contributed by atoms with van der Waals surface area (Å²) in [7, 11) is -1.09. The number of benzene rings is 1. The molecule has 0 radical (unpaired) electrons. The van der Waals surface area contributed by atoms with Gasteiger partial charge in [0.15, 0.2) is 0 Å². The van der Waals surface area contributed by atoms with Crippen LogP contribution in [0.15, 0.2) is 41.0 Å². The zero-order valence-corrected chi connectivity index (χ0v) is 10.0. The molecule has 1 heterocycles. The molecule has 4 nitrogen and oxygen atoms in total. The topological polar surface area (TPSA) is 63.3 Å². The fourth-order valence-electron chi connectivity index (χ4n) is 1.43. The molecule has 2 rings (SSSR count). The van der Waals surface area contributed by atoms with Crippen molar-refractivity contribution in [3.05, 3.63) is 42.3 Å². The van der Waals surface area contributed by atoms with Crippen molar-refractivity contribution in [1.29, 1.82) is 0 Å². The van der Waals surface area contributed by atoms with E-state index in [1.54, 1.807) is 0 Å². The number of oxazole rings is 1. The van der Waals surface area contributed by atoms with Crippen molar-refractivity contribution in [3.63, 3.8) is 0 Å². The van der Waals surface area contributed by atoms with Crippen molar-refractivity contribution in [3.8, 4) is 11.5 Å². The van der Waals surface area contributed by atoms with Crippen LogP contribution in [0.4, 0.5) is 0 Å². The average molecular weight is 251 g/mol. The lowest BCUT2D eigenvalue weighted by Crippen LogP contribution is -2.04. The summed E-state index contributed by atoms with van der Waals surface area (Å²) in [6, 6.07) is 9.54. The predicted octanol–water partition coefficient (Wildman–Crippen LogP) is 1.58. The lowest BCUT2D eigenvalue weighted by atomic mass is 10.2. The van der Waals surface area contributed by atoms with Gasteiger partial charge in [0, 0.05) is 22.1 Å². The molecule has 0 saturated carbocycles. The number of aliphatic hydroxyl groups excluding tert-OH is 1. The Balaban J connectivity index is 2.09. The highest BCUT2D eigenvalue weighted by molar-refractivity contribution is 7.84. The van der Waals surface area contributed by atoms with Crippen LogP contribution < -0.4 is 0 Å². The van der Waals surface area contributed by atoms with Crippen molar-refractivity contribution in [2.24, 2.45) is 0 Å². The highest BCUT2D eigenvalue weighted by Crippen LogP contribution is 2.18. The van der Waals surface area contributed by atoms with Crippen LogP contribution in [0, 0.1) is 0 Å². The van der Waals surface area contributed by atoms with Gasteiger partial charge in [-0.15, -0.1) is 0 Å². The second-order valence-corrected chi connectivity index (χ2v) is 5.10. The quantitative estimate of drug-likeness (QED) is 0.876. The van der Waals surface area contributed by atoms with Gasteiger partial charge in [0.1, 0.15) is 6.26 Å². The standard InChI is InChI=1S/C12H13NO3S/c14-6-7-17(15)9-11-8-16-12(13-11)10-4-2-1-3-5-10/h1-5,8,14H,6-7,9H2. The number of rotatable bonds is 5. The van der Waals surface area contributed by atoms with E-state index in [0.29, 0.717) is 17.3 Å². The van der Waals surface area contributed by atoms with Crippen LogP contribution >= 0.6 is 0 Å². The first-order valence-corrected chi connectivity index (χ1v) is 6.74. The number of nitrogens with zero attached hydrogens (tertiary/aromatic N) is 1. The molecule has 0 amide bonds.